The van der Waals surface area contributed by atoms with Crippen molar-refractivity contribution < 1.29 is 9.53 Å². The van der Waals surface area contributed by atoms with Crippen LogP contribution in [0, 0.1) is 0 Å². The number of amides is 1. The van der Waals surface area contributed by atoms with Crippen molar-refractivity contribution in [2.75, 3.05) is 0 Å². The van der Waals surface area contributed by atoms with Crippen molar-refractivity contribution in [2.45, 2.75) is 19.4 Å². The van der Waals surface area contributed by atoms with Gasteiger partial charge in [0.1, 0.15) is 5.75 Å². The molecule has 0 saturated heterocycles. The second-order valence-electron chi connectivity index (χ2n) is 3.53. The van der Waals surface area contributed by atoms with Gasteiger partial charge in [-0.15, -0.1) is 0 Å². The molecule has 2 N–H and O–H groups in total. The minimum absolute atomic E-state index is 0.492. The molecule has 0 radical (unpaired) electrons. The van der Waals surface area contributed by atoms with Crippen LogP contribution in [0.15, 0.2) is 22.7 Å². The maximum atomic E-state index is 11.1. The normalized spacial score (nSPS) is 11.2. The maximum Gasteiger partial charge on any atom is 0.261 e. The van der Waals surface area contributed by atoms with E-state index in [-0.39, 0.29) is 0 Å². The predicted molar refractivity (Wildman–Crippen MR) is 63.1 cm³/mol. The average molecular weight is 293 g/mol. The molecule has 15 heavy (non-hydrogen) atoms. The average Bonchev–Trinajstić information content (AvgIpc) is 2.12. The van der Waals surface area contributed by atoms with Crippen LogP contribution in [-0.4, -0.2) is 11.5 Å². The van der Waals surface area contributed by atoms with E-state index in [0.717, 1.165) is 0 Å². The third-order valence-electron chi connectivity index (χ3n) is 1.87. The second kappa shape index (κ2) is 4.41. The number of primary amides is 1. The highest BCUT2D eigenvalue weighted by molar-refractivity contribution is 9.10. The summed E-state index contributed by atoms with van der Waals surface area (Å²) in [6.45, 7) is 3.20. The number of hydrogen-bond donors (Lipinski definition) is 1. The molecule has 1 aromatic rings. The van der Waals surface area contributed by atoms with E-state index in [9.17, 15) is 4.79 Å². The molecule has 0 heterocycles. The van der Waals surface area contributed by atoms with E-state index < -0.39 is 11.5 Å². The minimum Gasteiger partial charge on any atom is -0.477 e. The Balaban J connectivity index is 3.00. The summed E-state index contributed by atoms with van der Waals surface area (Å²) in [6.07, 6.45) is 0. The second-order valence-corrected chi connectivity index (χ2v) is 4.73. The van der Waals surface area contributed by atoms with Crippen LogP contribution in [-0.2, 0) is 4.79 Å². The number of nitrogens with two attached hydrogens (primary N) is 1. The van der Waals surface area contributed by atoms with Gasteiger partial charge >= 0.3 is 0 Å². The monoisotopic (exact) mass is 291 g/mol. The molecule has 3 nitrogen and oxygen atoms in total. The van der Waals surface area contributed by atoms with E-state index >= 15 is 0 Å². The molecule has 0 saturated carbocycles. The molecule has 5 heteroatoms. The van der Waals surface area contributed by atoms with Crippen molar-refractivity contribution in [3.63, 3.8) is 0 Å². The number of ether oxygens (including phenoxy) is 1. The Kier molecular flexibility index (Phi) is 3.62. The Labute approximate surface area is 102 Å². The van der Waals surface area contributed by atoms with Crippen LogP contribution in [0.1, 0.15) is 13.8 Å². The summed E-state index contributed by atoms with van der Waals surface area (Å²) in [6, 6.07) is 5.16. The van der Waals surface area contributed by atoms with Gasteiger partial charge in [0.15, 0.2) is 5.60 Å². The van der Waals surface area contributed by atoms with E-state index in [1.165, 1.54) is 0 Å². The van der Waals surface area contributed by atoms with Crippen LogP contribution < -0.4 is 10.5 Å². The van der Waals surface area contributed by atoms with Crippen LogP contribution in [0.2, 0.25) is 5.02 Å². The zero-order valence-corrected chi connectivity index (χ0v) is 10.7. The number of carbonyl (C=O) groups excluding carboxylic acids is 1. The lowest BCUT2D eigenvalue weighted by atomic mass is 10.1. The van der Waals surface area contributed by atoms with Gasteiger partial charge in [0.2, 0.25) is 0 Å². The Bertz CT molecular complexity index is 393. The summed E-state index contributed by atoms with van der Waals surface area (Å²) >= 11 is 9.15. The molecule has 0 aromatic heterocycles. The van der Waals surface area contributed by atoms with Gasteiger partial charge < -0.3 is 10.5 Å². The van der Waals surface area contributed by atoms with Crippen molar-refractivity contribution in [1.29, 1.82) is 0 Å². The summed E-state index contributed by atoms with van der Waals surface area (Å²) in [4.78, 5) is 11.1. The highest BCUT2D eigenvalue weighted by Crippen LogP contribution is 2.33. The number of rotatable bonds is 3. The van der Waals surface area contributed by atoms with Crippen molar-refractivity contribution in [3.8, 4) is 5.75 Å². The minimum atomic E-state index is -1.06. The lowest BCUT2D eigenvalue weighted by Gasteiger charge is -2.23. The van der Waals surface area contributed by atoms with E-state index in [4.69, 9.17) is 22.1 Å². The van der Waals surface area contributed by atoms with Gasteiger partial charge in [-0.2, -0.15) is 0 Å². The molecule has 0 spiro atoms. The fourth-order valence-electron chi connectivity index (χ4n) is 0.888. The summed E-state index contributed by atoms with van der Waals surface area (Å²) in [5, 5.41) is 0.521. The van der Waals surface area contributed by atoms with Gasteiger partial charge in [0.25, 0.3) is 5.91 Å². The fourth-order valence-corrected chi connectivity index (χ4v) is 1.40. The molecule has 1 rings (SSSR count). The molecular formula is C10H11BrClNO2. The van der Waals surface area contributed by atoms with Crippen molar-refractivity contribution in [1.82, 2.24) is 0 Å². The predicted octanol–water partition coefficient (Wildman–Crippen LogP) is 2.75. The molecule has 0 aliphatic carbocycles. The standard InChI is InChI=1S/C10H11BrClNO2/c1-10(2,9(13)14)15-7-5-3-4-6(12)8(7)11/h3-5H,1-2H3,(H2,13,14). The first-order chi connectivity index (χ1) is 6.84. The summed E-state index contributed by atoms with van der Waals surface area (Å²) in [5.41, 5.74) is 4.13. The Morgan fingerprint density at radius 2 is 2.13 bits per heavy atom. The molecule has 0 fully saturated rings. The van der Waals surface area contributed by atoms with E-state index in [1.807, 2.05) is 0 Å². The SMILES string of the molecule is CC(C)(Oc1cccc(Cl)c1Br)C(N)=O. The van der Waals surface area contributed by atoms with Crippen molar-refractivity contribution >= 4 is 33.4 Å². The van der Waals surface area contributed by atoms with Gasteiger partial charge in [-0.3, -0.25) is 4.79 Å². The van der Waals surface area contributed by atoms with Gasteiger partial charge in [0.05, 0.1) is 9.50 Å². The third kappa shape index (κ3) is 2.86. The topological polar surface area (TPSA) is 52.3 Å². The summed E-state index contributed by atoms with van der Waals surface area (Å²) in [7, 11) is 0. The first-order valence-corrected chi connectivity index (χ1v) is 5.44. The summed E-state index contributed by atoms with van der Waals surface area (Å²) < 4.78 is 6.08. The smallest absolute Gasteiger partial charge is 0.261 e. The molecule has 0 aliphatic rings. The van der Waals surface area contributed by atoms with Crippen LogP contribution in [0.25, 0.3) is 0 Å². The molecule has 82 valence electrons. The Morgan fingerprint density at radius 1 is 1.53 bits per heavy atom. The molecule has 0 aliphatic heterocycles. The quantitative estimate of drug-likeness (QED) is 0.931. The third-order valence-corrected chi connectivity index (χ3v) is 3.24. The van der Waals surface area contributed by atoms with Gasteiger partial charge in [-0.25, -0.2) is 0 Å². The Morgan fingerprint density at radius 3 is 2.67 bits per heavy atom. The van der Waals surface area contributed by atoms with E-state index in [2.05, 4.69) is 15.9 Å². The Hall–Kier alpha value is -0.740. The van der Waals surface area contributed by atoms with Crippen molar-refractivity contribution in [2.24, 2.45) is 5.73 Å². The molecule has 0 unspecified atom stereocenters. The van der Waals surface area contributed by atoms with Crippen molar-refractivity contribution in [3.05, 3.63) is 27.7 Å². The number of hydrogen-bond acceptors (Lipinski definition) is 2. The number of carbonyl (C=O) groups is 1. The van der Waals surface area contributed by atoms with E-state index in [0.29, 0.717) is 15.2 Å². The van der Waals surface area contributed by atoms with Crippen LogP contribution in [0.3, 0.4) is 0 Å². The summed E-state index contributed by atoms with van der Waals surface area (Å²) in [5.74, 6) is -0.0410. The first kappa shape index (κ1) is 12.3. The van der Waals surface area contributed by atoms with E-state index in [1.54, 1.807) is 32.0 Å². The molecule has 1 aromatic carbocycles. The lowest BCUT2D eigenvalue weighted by Crippen LogP contribution is -2.43. The first-order valence-electron chi connectivity index (χ1n) is 4.27. The molecule has 1 amide bonds. The van der Waals surface area contributed by atoms with Gasteiger partial charge in [-0.05, 0) is 41.9 Å². The van der Waals surface area contributed by atoms with Gasteiger partial charge in [-0.1, -0.05) is 17.7 Å². The maximum absolute atomic E-state index is 11.1. The zero-order valence-electron chi connectivity index (χ0n) is 8.38. The molecular weight excluding hydrogens is 281 g/mol. The lowest BCUT2D eigenvalue weighted by molar-refractivity contribution is -0.130. The van der Waals surface area contributed by atoms with Crippen LogP contribution in [0.5, 0.6) is 5.75 Å². The number of halogens is 2. The molecule has 0 bridgehead atoms. The van der Waals surface area contributed by atoms with Crippen LogP contribution in [0.4, 0.5) is 0 Å². The molecule has 0 atom stereocenters. The highest BCUT2D eigenvalue weighted by atomic mass is 79.9. The zero-order chi connectivity index (χ0) is 11.6. The highest BCUT2D eigenvalue weighted by Gasteiger charge is 2.28. The largest absolute Gasteiger partial charge is 0.477 e. The van der Waals surface area contributed by atoms with Crippen LogP contribution >= 0.6 is 27.5 Å². The fraction of sp³-hybridized carbons (Fsp3) is 0.300. The number of benzene rings is 1. The van der Waals surface area contributed by atoms with Gasteiger partial charge in [0, 0.05) is 0 Å².